The molecule has 1 aliphatic rings. The normalized spacial score (nSPS) is 14.8. The van der Waals surface area contributed by atoms with E-state index in [1.165, 1.54) is 12.5 Å². The van der Waals surface area contributed by atoms with E-state index in [0.29, 0.717) is 17.7 Å². The predicted molar refractivity (Wildman–Crippen MR) is 129 cm³/mol. The molecule has 1 saturated carbocycles. The van der Waals surface area contributed by atoms with Crippen LogP contribution in [0, 0.1) is 10.1 Å². The van der Waals surface area contributed by atoms with Crippen molar-refractivity contribution in [2.75, 3.05) is 7.11 Å². The molecule has 1 atom stereocenters. The van der Waals surface area contributed by atoms with E-state index in [0.717, 1.165) is 31.2 Å². The Morgan fingerprint density at radius 3 is 2.41 bits per heavy atom. The summed E-state index contributed by atoms with van der Waals surface area (Å²) in [5.41, 5.74) is 1.08. The Hall–Kier alpha value is -3.42. The monoisotopic (exact) mass is 467 g/mol. The van der Waals surface area contributed by atoms with Gasteiger partial charge in [-0.15, -0.1) is 0 Å². The number of carbonyl (C=O) groups is 2. The summed E-state index contributed by atoms with van der Waals surface area (Å²) in [6.07, 6.45) is 5.55. The molecule has 1 fully saturated rings. The fraction of sp³-hybridized carbons (Fsp3) is 0.462. The van der Waals surface area contributed by atoms with Gasteiger partial charge in [-0.05, 0) is 37.0 Å². The van der Waals surface area contributed by atoms with Crippen LogP contribution >= 0.6 is 0 Å². The second-order valence-corrected chi connectivity index (χ2v) is 8.70. The van der Waals surface area contributed by atoms with Gasteiger partial charge in [-0.25, -0.2) is 0 Å². The molecule has 0 unspecified atom stereocenters. The first kappa shape index (κ1) is 25.2. The summed E-state index contributed by atoms with van der Waals surface area (Å²) >= 11 is 0. The highest BCUT2D eigenvalue weighted by atomic mass is 16.6. The Kier molecular flexibility index (Phi) is 9.01. The van der Waals surface area contributed by atoms with E-state index in [-0.39, 0.29) is 36.5 Å². The van der Waals surface area contributed by atoms with Crippen molar-refractivity contribution in [1.82, 2.24) is 10.2 Å². The number of nitro groups is 1. The Morgan fingerprint density at radius 2 is 1.79 bits per heavy atom. The van der Waals surface area contributed by atoms with Gasteiger partial charge in [0, 0.05) is 24.2 Å². The van der Waals surface area contributed by atoms with E-state index in [9.17, 15) is 19.7 Å². The van der Waals surface area contributed by atoms with Crippen LogP contribution in [0.1, 0.15) is 56.6 Å². The quantitative estimate of drug-likeness (QED) is 0.412. The molecule has 0 aromatic heterocycles. The zero-order chi connectivity index (χ0) is 24.5. The molecule has 2 aromatic carbocycles. The molecule has 0 aliphatic heterocycles. The van der Waals surface area contributed by atoms with Crippen LogP contribution in [0.5, 0.6) is 5.75 Å². The second-order valence-electron chi connectivity index (χ2n) is 8.70. The molecular weight excluding hydrogens is 434 g/mol. The largest absolute Gasteiger partial charge is 0.497 e. The van der Waals surface area contributed by atoms with Gasteiger partial charge in [0.05, 0.1) is 18.5 Å². The first-order valence-corrected chi connectivity index (χ1v) is 11.9. The number of amides is 2. The van der Waals surface area contributed by atoms with Gasteiger partial charge >= 0.3 is 0 Å². The number of para-hydroxylation sites is 1. The third kappa shape index (κ3) is 6.56. The standard InChI is InChI=1S/C26H33N3O5/c1-3-23(26(31)27-21-10-5-4-6-11-21)28(18-19-13-15-22(34-2)16-14-19)25(30)17-20-9-7-8-12-24(20)29(32)33/h7-9,12-16,21,23H,3-6,10-11,17-18H2,1-2H3,(H,27,31)/t23-/m0/s1. The maximum absolute atomic E-state index is 13.5. The van der Waals surface area contributed by atoms with E-state index in [4.69, 9.17) is 4.74 Å². The maximum atomic E-state index is 13.5. The van der Waals surface area contributed by atoms with Gasteiger partial charge in [-0.1, -0.05) is 56.5 Å². The highest BCUT2D eigenvalue weighted by molar-refractivity contribution is 5.89. The van der Waals surface area contributed by atoms with Crippen LogP contribution in [0.4, 0.5) is 5.69 Å². The van der Waals surface area contributed by atoms with Crippen molar-refractivity contribution in [2.24, 2.45) is 0 Å². The number of nitrogens with one attached hydrogen (secondary N) is 1. The minimum absolute atomic E-state index is 0.0973. The molecule has 182 valence electrons. The van der Waals surface area contributed by atoms with Crippen molar-refractivity contribution >= 4 is 17.5 Å². The molecule has 8 heteroatoms. The van der Waals surface area contributed by atoms with Crippen molar-refractivity contribution in [2.45, 2.75) is 70.5 Å². The molecular formula is C26H33N3O5. The molecule has 2 aromatic rings. The Balaban J connectivity index is 1.85. The Labute approximate surface area is 200 Å². The third-order valence-corrected chi connectivity index (χ3v) is 6.38. The third-order valence-electron chi connectivity index (χ3n) is 6.38. The van der Waals surface area contributed by atoms with Crippen LogP contribution in [0.3, 0.4) is 0 Å². The first-order chi connectivity index (χ1) is 16.4. The van der Waals surface area contributed by atoms with Gasteiger partial charge < -0.3 is 15.0 Å². The molecule has 3 rings (SSSR count). The molecule has 1 N–H and O–H groups in total. The number of benzene rings is 2. The van der Waals surface area contributed by atoms with Crippen LogP contribution in [0.25, 0.3) is 0 Å². The predicted octanol–water partition coefficient (Wildman–Crippen LogP) is 4.40. The number of rotatable bonds is 10. The lowest BCUT2D eigenvalue weighted by atomic mass is 9.95. The molecule has 0 spiro atoms. The molecule has 1 aliphatic carbocycles. The maximum Gasteiger partial charge on any atom is 0.273 e. The van der Waals surface area contributed by atoms with Gasteiger partial charge in [-0.2, -0.15) is 0 Å². The molecule has 0 heterocycles. The number of methoxy groups -OCH3 is 1. The molecule has 2 amide bonds. The fourth-order valence-corrected chi connectivity index (χ4v) is 4.49. The lowest BCUT2D eigenvalue weighted by molar-refractivity contribution is -0.385. The molecule has 8 nitrogen and oxygen atoms in total. The van der Waals surface area contributed by atoms with Gasteiger partial charge in [-0.3, -0.25) is 19.7 Å². The zero-order valence-corrected chi connectivity index (χ0v) is 19.9. The molecule has 0 radical (unpaired) electrons. The smallest absolute Gasteiger partial charge is 0.273 e. The lowest BCUT2D eigenvalue weighted by Gasteiger charge is -2.33. The van der Waals surface area contributed by atoms with E-state index >= 15 is 0 Å². The first-order valence-electron chi connectivity index (χ1n) is 11.9. The van der Waals surface area contributed by atoms with Gasteiger partial charge in [0.15, 0.2) is 0 Å². The number of hydrogen-bond donors (Lipinski definition) is 1. The summed E-state index contributed by atoms with van der Waals surface area (Å²) in [5, 5.41) is 14.6. The zero-order valence-electron chi connectivity index (χ0n) is 19.9. The second kappa shape index (κ2) is 12.2. The average molecular weight is 468 g/mol. The Bertz CT molecular complexity index is 986. The van der Waals surface area contributed by atoms with Crippen molar-refractivity contribution in [3.8, 4) is 5.75 Å². The average Bonchev–Trinajstić information content (AvgIpc) is 2.85. The van der Waals surface area contributed by atoms with E-state index < -0.39 is 11.0 Å². The lowest BCUT2D eigenvalue weighted by Crippen LogP contribution is -2.52. The molecule has 0 bridgehead atoms. The van der Waals surface area contributed by atoms with Crippen LogP contribution in [0.15, 0.2) is 48.5 Å². The number of carbonyl (C=O) groups excluding carboxylic acids is 2. The molecule has 34 heavy (non-hydrogen) atoms. The SMILES string of the molecule is CC[C@@H](C(=O)NC1CCCCC1)N(Cc1ccc(OC)cc1)C(=O)Cc1ccccc1[N+](=O)[O-]. The van der Waals surface area contributed by atoms with E-state index in [1.807, 2.05) is 31.2 Å². The minimum atomic E-state index is -0.667. The summed E-state index contributed by atoms with van der Waals surface area (Å²) in [4.78, 5) is 39.3. The topological polar surface area (TPSA) is 102 Å². The number of hydrogen-bond acceptors (Lipinski definition) is 5. The van der Waals surface area contributed by atoms with Crippen molar-refractivity contribution < 1.29 is 19.2 Å². The van der Waals surface area contributed by atoms with Crippen molar-refractivity contribution in [1.29, 1.82) is 0 Å². The van der Waals surface area contributed by atoms with Crippen LogP contribution < -0.4 is 10.1 Å². The number of nitrogens with zero attached hydrogens (tertiary/aromatic N) is 2. The van der Waals surface area contributed by atoms with Crippen LogP contribution in [-0.2, 0) is 22.6 Å². The summed E-state index contributed by atoms with van der Waals surface area (Å²) in [7, 11) is 1.58. The minimum Gasteiger partial charge on any atom is -0.497 e. The van der Waals surface area contributed by atoms with Crippen molar-refractivity contribution in [3.63, 3.8) is 0 Å². The highest BCUT2D eigenvalue weighted by Crippen LogP contribution is 2.23. The van der Waals surface area contributed by atoms with Gasteiger partial charge in [0.1, 0.15) is 11.8 Å². The van der Waals surface area contributed by atoms with Crippen molar-refractivity contribution in [3.05, 3.63) is 69.8 Å². The molecule has 0 saturated heterocycles. The summed E-state index contributed by atoms with van der Waals surface area (Å²) < 4.78 is 5.22. The van der Waals surface area contributed by atoms with E-state index in [2.05, 4.69) is 5.32 Å². The summed E-state index contributed by atoms with van der Waals surface area (Å²) in [5.74, 6) is 0.207. The Morgan fingerprint density at radius 1 is 1.12 bits per heavy atom. The number of ether oxygens (including phenoxy) is 1. The fourth-order valence-electron chi connectivity index (χ4n) is 4.49. The summed E-state index contributed by atoms with van der Waals surface area (Å²) in [6.45, 7) is 2.10. The van der Waals surface area contributed by atoms with Gasteiger partial charge in [0.25, 0.3) is 5.69 Å². The van der Waals surface area contributed by atoms with E-state index in [1.54, 1.807) is 30.2 Å². The summed E-state index contributed by atoms with van der Waals surface area (Å²) in [6, 6.07) is 13.0. The highest BCUT2D eigenvalue weighted by Gasteiger charge is 2.31. The van der Waals surface area contributed by atoms with Crippen LogP contribution in [-0.4, -0.2) is 40.8 Å². The van der Waals surface area contributed by atoms with Gasteiger partial charge in [0.2, 0.25) is 11.8 Å². The number of nitro benzene ring substituents is 1. The van der Waals surface area contributed by atoms with Crippen LogP contribution in [0.2, 0.25) is 0 Å².